The maximum absolute atomic E-state index is 12.5. The van der Waals surface area contributed by atoms with Gasteiger partial charge in [-0.05, 0) is 35.4 Å². The van der Waals surface area contributed by atoms with Gasteiger partial charge in [0, 0.05) is 36.5 Å². The number of nitrogens with one attached hydrogen (secondary N) is 2. The molecule has 144 valence electrons. The number of carbonyl (C=O) groups excluding carboxylic acids is 2. The molecule has 0 unspecified atom stereocenters. The first-order chi connectivity index (χ1) is 13.5. The fraction of sp³-hybridized carbons (Fsp3) is 0.200. The normalized spacial score (nSPS) is 11.6. The maximum Gasteiger partial charge on any atom is 0.222 e. The molecule has 7 nitrogen and oxygen atoms in total. The van der Waals surface area contributed by atoms with E-state index in [1.807, 2.05) is 36.4 Å². The molecule has 0 saturated carbocycles. The van der Waals surface area contributed by atoms with E-state index >= 15 is 0 Å². The smallest absolute Gasteiger partial charge is 0.222 e. The van der Waals surface area contributed by atoms with Crippen LogP contribution in [0.15, 0.2) is 65.8 Å². The standard InChI is InChI=1S/C20H20BrN5O2/c1-14(27)25-18(16-2-4-17(21)5-3-16)11-20(28)24-12-15-6-7-23-19(10-15)26-9-8-22-13-26/h2-10,13,18H,11-12H2,1H3,(H,24,28)(H,25,27)/t18-/m0/s1. The van der Waals surface area contributed by atoms with Gasteiger partial charge in [-0.25, -0.2) is 9.97 Å². The number of nitrogens with zero attached hydrogens (tertiary/aromatic N) is 3. The van der Waals surface area contributed by atoms with Gasteiger partial charge in [0.25, 0.3) is 0 Å². The van der Waals surface area contributed by atoms with E-state index in [2.05, 4.69) is 36.5 Å². The Morgan fingerprint density at radius 3 is 2.64 bits per heavy atom. The molecule has 1 aromatic carbocycles. The molecule has 0 spiro atoms. The lowest BCUT2D eigenvalue weighted by molar-refractivity contribution is -0.122. The molecule has 0 aliphatic rings. The molecule has 2 aromatic heterocycles. The summed E-state index contributed by atoms with van der Waals surface area (Å²) >= 11 is 3.39. The molecule has 0 radical (unpaired) electrons. The quantitative estimate of drug-likeness (QED) is 0.589. The zero-order chi connectivity index (χ0) is 19.9. The molecule has 0 fully saturated rings. The molecule has 28 heavy (non-hydrogen) atoms. The SMILES string of the molecule is CC(=O)N[C@@H](CC(=O)NCc1ccnc(-n2ccnc2)c1)c1ccc(Br)cc1. The van der Waals surface area contributed by atoms with Crippen molar-refractivity contribution in [2.75, 3.05) is 0 Å². The van der Waals surface area contributed by atoms with Crippen LogP contribution in [0.2, 0.25) is 0 Å². The van der Waals surface area contributed by atoms with Crippen molar-refractivity contribution in [1.29, 1.82) is 0 Å². The van der Waals surface area contributed by atoms with Crippen molar-refractivity contribution in [3.8, 4) is 5.82 Å². The number of halogens is 1. The Balaban J connectivity index is 1.62. The Morgan fingerprint density at radius 1 is 1.18 bits per heavy atom. The summed E-state index contributed by atoms with van der Waals surface area (Å²) in [4.78, 5) is 32.3. The van der Waals surface area contributed by atoms with E-state index in [1.165, 1.54) is 6.92 Å². The summed E-state index contributed by atoms with van der Waals surface area (Å²) in [6, 6.07) is 10.9. The van der Waals surface area contributed by atoms with Crippen molar-refractivity contribution in [3.63, 3.8) is 0 Å². The van der Waals surface area contributed by atoms with Crippen LogP contribution in [0.4, 0.5) is 0 Å². The van der Waals surface area contributed by atoms with E-state index in [-0.39, 0.29) is 24.3 Å². The molecular weight excluding hydrogens is 422 g/mol. The van der Waals surface area contributed by atoms with Gasteiger partial charge in [0.2, 0.25) is 11.8 Å². The van der Waals surface area contributed by atoms with Crippen LogP contribution < -0.4 is 10.6 Å². The molecule has 2 N–H and O–H groups in total. The summed E-state index contributed by atoms with van der Waals surface area (Å²) < 4.78 is 2.74. The Labute approximate surface area is 171 Å². The van der Waals surface area contributed by atoms with Crippen molar-refractivity contribution in [2.45, 2.75) is 25.9 Å². The van der Waals surface area contributed by atoms with Crippen molar-refractivity contribution in [1.82, 2.24) is 25.2 Å². The molecule has 2 heterocycles. The van der Waals surface area contributed by atoms with Crippen LogP contribution in [-0.2, 0) is 16.1 Å². The van der Waals surface area contributed by atoms with Gasteiger partial charge in [-0.2, -0.15) is 0 Å². The van der Waals surface area contributed by atoms with Gasteiger partial charge in [0.05, 0.1) is 12.5 Å². The summed E-state index contributed by atoms with van der Waals surface area (Å²) in [5, 5.41) is 5.74. The first kappa shape index (κ1) is 19.8. The lowest BCUT2D eigenvalue weighted by Gasteiger charge is -2.18. The summed E-state index contributed by atoms with van der Waals surface area (Å²) in [7, 11) is 0. The number of carbonyl (C=O) groups is 2. The molecule has 0 aliphatic carbocycles. The number of imidazole rings is 1. The number of hydrogen-bond acceptors (Lipinski definition) is 4. The Bertz CT molecular complexity index is 941. The van der Waals surface area contributed by atoms with E-state index in [1.54, 1.807) is 29.5 Å². The fourth-order valence-corrected chi connectivity index (χ4v) is 3.02. The lowest BCUT2D eigenvalue weighted by Crippen LogP contribution is -2.32. The third kappa shape index (κ3) is 5.50. The molecule has 0 bridgehead atoms. The molecule has 3 rings (SSSR count). The monoisotopic (exact) mass is 441 g/mol. The van der Waals surface area contributed by atoms with Gasteiger partial charge in [-0.1, -0.05) is 28.1 Å². The van der Waals surface area contributed by atoms with E-state index in [4.69, 9.17) is 0 Å². The Kier molecular flexibility index (Phi) is 6.54. The zero-order valence-corrected chi connectivity index (χ0v) is 16.9. The second-order valence-corrected chi connectivity index (χ2v) is 7.19. The van der Waals surface area contributed by atoms with Gasteiger partial charge >= 0.3 is 0 Å². The van der Waals surface area contributed by atoms with Crippen molar-refractivity contribution >= 4 is 27.7 Å². The minimum absolute atomic E-state index is 0.150. The highest BCUT2D eigenvalue weighted by Gasteiger charge is 2.17. The second-order valence-electron chi connectivity index (χ2n) is 6.28. The van der Waals surface area contributed by atoms with E-state index in [0.29, 0.717) is 6.54 Å². The predicted octanol–water partition coefficient (Wildman–Crippen LogP) is 2.91. The lowest BCUT2D eigenvalue weighted by atomic mass is 10.0. The number of pyridine rings is 1. The molecule has 0 aliphatic heterocycles. The molecule has 8 heteroatoms. The summed E-state index contributed by atoms with van der Waals surface area (Å²) in [6.07, 6.45) is 7.00. The molecule has 0 saturated heterocycles. The van der Waals surface area contributed by atoms with Gasteiger partial charge in [0.1, 0.15) is 12.1 Å². The zero-order valence-electron chi connectivity index (χ0n) is 15.3. The van der Waals surface area contributed by atoms with Gasteiger partial charge in [0.15, 0.2) is 0 Å². The molecular formula is C20H20BrN5O2. The van der Waals surface area contributed by atoms with Gasteiger partial charge in [-0.15, -0.1) is 0 Å². The highest BCUT2D eigenvalue weighted by molar-refractivity contribution is 9.10. The minimum atomic E-state index is -0.385. The molecule has 1 atom stereocenters. The predicted molar refractivity (Wildman–Crippen MR) is 109 cm³/mol. The van der Waals surface area contributed by atoms with E-state index < -0.39 is 0 Å². The van der Waals surface area contributed by atoms with Crippen molar-refractivity contribution < 1.29 is 9.59 Å². The number of rotatable bonds is 7. The first-order valence-corrected chi connectivity index (χ1v) is 9.53. The Morgan fingerprint density at radius 2 is 1.96 bits per heavy atom. The van der Waals surface area contributed by atoms with Crippen LogP contribution in [0.3, 0.4) is 0 Å². The molecule has 2 amide bonds. The first-order valence-electron chi connectivity index (χ1n) is 8.74. The fourth-order valence-electron chi connectivity index (χ4n) is 2.76. The van der Waals surface area contributed by atoms with E-state index in [0.717, 1.165) is 21.4 Å². The minimum Gasteiger partial charge on any atom is -0.352 e. The van der Waals surface area contributed by atoms with Crippen LogP contribution in [0.1, 0.15) is 30.5 Å². The largest absolute Gasteiger partial charge is 0.352 e. The average Bonchev–Trinajstić information content (AvgIpc) is 3.21. The number of benzene rings is 1. The highest BCUT2D eigenvalue weighted by Crippen LogP contribution is 2.20. The van der Waals surface area contributed by atoms with Crippen LogP contribution in [0.5, 0.6) is 0 Å². The second kappa shape index (κ2) is 9.27. The number of hydrogen-bond donors (Lipinski definition) is 2. The number of amides is 2. The molecule has 3 aromatic rings. The van der Waals surface area contributed by atoms with Crippen LogP contribution in [0.25, 0.3) is 5.82 Å². The van der Waals surface area contributed by atoms with Crippen LogP contribution >= 0.6 is 15.9 Å². The Hall–Kier alpha value is -3.00. The van der Waals surface area contributed by atoms with Crippen LogP contribution in [-0.4, -0.2) is 26.3 Å². The van der Waals surface area contributed by atoms with Crippen molar-refractivity contribution in [2.24, 2.45) is 0 Å². The topological polar surface area (TPSA) is 88.9 Å². The summed E-state index contributed by atoms with van der Waals surface area (Å²) in [6.45, 7) is 1.81. The number of aromatic nitrogens is 3. The highest BCUT2D eigenvalue weighted by atomic mass is 79.9. The average molecular weight is 442 g/mol. The third-order valence-electron chi connectivity index (χ3n) is 4.11. The van der Waals surface area contributed by atoms with Gasteiger partial charge in [-0.3, -0.25) is 14.2 Å². The van der Waals surface area contributed by atoms with Gasteiger partial charge < -0.3 is 10.6 Å². The summed E-state index contributed by atoms with van der Waals surface area (Å²) in [5.41, 5.74) is 1.80. The summed E-state index contributed by atoms with van der Waals surface area (Å²) in [5.74, 6) is 0.401. The maximum atomic E-state index is 12.5. The van der Waals surface area contributed by atoms with Crippen LogP contribution in [0, 0.1) is 0 Å². The van der Waals surface area contributed by atoms with Crippen molar-refractivity contribution in [3.05, 3.63) is 76.9 Å². The van der Waals surface area contributed by atoms with E-state index in [9.17, 15) is 9.59 Å². The third-order valence-corrected chi connectivity index (χ3v) is 4.64.